The molecule has 0 fully saturated rings. The fraction of sp³-hybridized carbons (Fsp3) is 0.222. The van der Waals surface area contributed by atoms with Crippen molar-refractivity contribution in [2.45, 2.75) is 12.5 Å². The van der Waals surface area contributed by atoms with Gasteiger partial charge in [0.2, 0.25) is 0 Å². The molecule has 1 atom stereocenters. The summed E-state index contributed by atoms with van der Waals surface area (Å²) in [5.41, 5.74) is 1.16. The molecule has 4 nitrogen and oxygen atoms in total. The van der Waals surface area contributed by atoms with Crippen molar-refractivity contribution in [3.8, 4) is 0 Å². The minimum Gasteiger partial charge on any atom is -0.480 e. The first-order chi connectivity index (χ1) is 6.61. The minimum absolute atomic E-state index is 0.237. The molecule has 0 aliphatic carbocycles. The molecule has 0 saturated heterocycles. The maximum atomic E-state index is 10.7. The third kappa shape index (κ3) is 1.23. The van der Waals surface area contributed by atoms with Crippen molar-refractivity contribution in [3.63, 3.8) is 0 Å². The summed E-state index contributed by atoms with van der Waals surface area (Å²) in [4.78, 5) is 10.7. The smallest absolute Gasteiger partial charge is 0.329 e. The van der Waals surface area contributed by atoms with Crippen LogP contribution in [0.1, 0.15) is 5.56 Å². The molecule has 74 valence electrons. The molecule has 14 heavy (non-hydrogen) atoms. The van der Waals surface area contributed by atoms with Gasteiger partial charge >= 0.3 is 5.97 Å². The Morgan fingerprint density at radius 1 is 1.57 bits per heavy atom. The Hall–Kier alpha value is -1.26. The van der Waals surface area contributed by atoms with E-state index in [9.17, 15) is 10.0 Å². The summed E-state index contributed by atoms with van der Waals surface area (Å²) in [6.07, 6.45) is 0.237. The number of carboxylic acid groups (broad SMARTS) is 1. The third-order valence-corrected chi connectivity index (χ3v) is 2.67. The Morgan fingerprint density at radius 3 is 2.86 bits per heavy atom. The second kappa shape index (κ2) is 3.15. The molecule has 1 heterocycles. The molecule has 1 aliphatic rings. The molecule has 1 aliphatic heterocycles. The molecule has 2 N–H and O–H groups in total. The largest absolute Gasteiger partial charge is 0.480 e. The summed E-state index contributed by atoms with van der Waals surface area (Å²) in [7, 11) is 0. The first kappa shape index (κ1) is 9.30. The summed E-state index contributed by atoms with van der Waals surface area (Å²) in [5.74, 6) is -1.06. The molecule has 0 radical (unpaired) electrons. The zero-order valence-electron chi connectivity index (χ0n) is 7.14. The lowest BCUT2D eigenvalue weighted by Crippen LogP contribution is -2.35. The highest BCUT2D eigenvalue weighted by atomic mass is 35.5. The minimum atomic E-state index is -1.06. The molecule has 0 aromatic heterocycles. The van der Waals surface area contributed by atoms with Gasteiger partial charge in [0, 0.05) is 11.4 Å². The van der Waals surface area contributed by atoms with Crippen LogP contribution in [0.2, 0.25) is 5.02 Å². The van der Waals surface area contributed by atoms with Crippen LogP contribution in [0.15, 0.2) is 18.2 Å². The monoisotopic (exact) mass is 213 g/mol. The van der Waals surface area contributed by atoms with Crippen LogP contribution >= 0.6 is 11.6 Å². The van der Waals surface area contributed by atoms with Crippen LogP contribution in [0.3, 0.4) is 0 Å². The van der Waals surface area contributed by atoms with Gasteiger partial charge < -0.3 is 5.11 Å². The molecule has 1 aromatic carbocycles. The second-order valence-electron chi connectivity index (χ2n) is 3.14. The standard InChI is InChI=1S/C9H8ClNO3/c10-6-2-1-3-7-5(6)4-8(9(12)13)11(7)14/h1-3,8,14H,4H2,(H,12,13). The van der Waals surface area contributed by atoms with Crippen molar-refractivity contribution >= 4 is 23.3 Å². The van der Waals surface area contributed by atoms with Gasteiger partial charge in [-0.3, -0.25) is 5.21 Å². The number of hydrogen-bond acceptors (Lipinski definition) is 3. The van der Waals surface area contributed by atoms with Gasteiger partial charge in [-0.2, -0.15) is 0 Å². The highest BCUT2D eigenvalue weighted by Gasteiger charge is 2.34. The van der Waals surface area contributed by atoms with Crippen molar-refractivity contribution in [3.05, 3.63) is 28.8 Å². The number of carboxylic acids is 1. The highest BCUT2D eigenvalue weighted by Crippen LogP contribution is 2.35. The van der Waals surface area contributed by atoms with E-state index < -0.39 is 12.0 Å². The SMILES string of the molecule is O=C(O)C1Cc2c(Cl)cccc2N1O. The van der Waals surface area contributed by atoms with Crippen molar-refractivity contribution < 1.29 is 15.1 Å². The van der Waals surface area contributed by atoms with Crippen molar-refractivity contribution in [2.24, 2.45) is 0 Å². The number of anilines is 1. The second-order valence-corrected chi connectivity index (χ2v) is 3.55. The zero-order valence-corrected chi connectivity index (χ0v) is 7.90. The number of fused-ring (bicyclic) bond motifs is 1. The Kier molecular flexibility index (Phi) is 2.09. The van der Waals surface area contributed by atoms with Gasteiger partial charge in [-0.15, -0.1) is 0 Å². The van der Waals surface area contributed by atoms with Crippen LogP contribution in [0.4, 0.5) is 5.69 Å². The van der Waals surface area contributed by atoms with E-state index in [1.807, 2.05) is 0 Å². The summed E-state index contributed by atoms with van der Waals surface area (Å²) >= 11 is 5.87. The Bertz CT molecular complexity index is 394. The summed E-state index contributed by atoms with van der Waals surface area (Å²) in [6.45, 7) is 0. The number of benzene rings is 1. The van der Waals surface area contributed by atoms with E-state index >= 15 is 0 Å². The summed E-state index contributed by atoms with van der Waals surface area (Å²) in [6, 6.07) is 4.07. The van der Waals surface area contributed by atoms with E-state index in [1.165, 1.54) is 0 Å². The van der Waals surface area contributed by atoms with Crippen molar-refractivity contribution in [1.82, 2.24) is 0 Å². The molecule has 0 spiro atoms. The normalized spacial score (nSPS) is 19.6. The topological polar surface area (TPSA) is 60.8 Å². The van der Waals surface area contributed by atoms with Crippen molar-refractivity contribution in [1.29, 1.82) is 0 Å². The van der Waals surface area contributed by atoms with Crippen LogP contribution in [-0.2, 0) is 11.2 Å². The Morgan fingerprint density at radius 2 is 2.29 bits per heavy atom. The van der Waals surface area contributed by atoms with Crippen LogP contribution in [0, 0.1) is 0 Å². The average Bonchev–Trinajstić information content (AvgIpc) is 2.46. The summed E-state index contributed by atoms with van der Waals surface area (Å²) < 4.78 is 0. The number of halogens is 1. The number of aliphatic carboxylic acids is 1. The number of hydroxylamine groups is 1. The first-order valence-electron chi connectivity index (χ1n) is 4.09. The van der Waals surface area contributed by atoms with Gasteiger partial charge in [0.05, 0.1) is 5.69 Å². The Balaban J connectivity index is 2.45. The maximum Gasteiger partial charge on any atom is 0.329 e. The third-order valence-electron chi connectivity index (χ3n) is 2.32. The van der Waals surface area contributed by atoms with E-state index in [4.69, 9.17) is 16.7 Å². The van der Waals surface area contributed by atoms with E-state index in [1.54, 1.807) is 18.2 Å². The molecule has 2 rings (SSSR count). The molecule has 1 unspecified atom stereocenters. The van der Waals surface area contributed by atoms with Crippen LogP contribution in [-0.4, -0.2) is 22.3 Å². The van der Waals surface area contributed by atoms with Crippen molar-refractivity contribution in [2.75, 3.05) is 5.06 Å². The molecule has 1 aromatic rings. The number of carbonyl (C=O) groups is 1. The van der Waals surface area contributed by atoms with Gasteiger partial charge in [0.25, 0.3) is 0 Å². The van der Waals surface area contributed by atoms with E-state index in [2.05, 4.69) is 0 Å². The fourth-order valence-electron chi connectivity index (χ4n) is 1.60. The average molecular weight is 214 g/mol. The predicted molar refractivity (Wildman–Crippen MR) is 50.8 cm³/mol. The van der Waals surface area contributed by atoms with Crippen LogP contribution in [0.25, 0.3) is 0 Å². The van der Waals surface area contributed by atoms with Crippen LogP contribution in [0.5, 0.6) is 0 Å². The first-order valence-corrected chi connectivity index (χ1v) is 4.47. The van der Waals surface area contributed by atoms with Crippen LogP contribution < -0.4 is 5.06 Å². The van der Waals surface area contributed by atoms with Gasteiger partial charge in [-0.1, -0.05) is 17.7 Å². The van der Waals surface area contributed by atoms with Gasteiger partial charge in [0.15, 0.2) is 6.04 Å². The van der Waals surface area contributed by atoms with E-state index in [0.717, 1.165) is 5.06 Å². The summed E-state index contributed by atoms with van der Waals surface area (Å²) in [5, 5.41) is 19.6. The molecular weight excluding hydrogens is 206 g/mol. The predicted octanol–water partition coefficient (Wildman–Crippen LogP) is 1.54. The molecule has 5 heteroatoms. The number of rotatable bonds is 1. The lowest BCUT2D eigenvalue weighted by molar-refractivity contribution is -0.139. The lowest BCUT2D eigenvalue weighted by atomic mass is 10.1. The van der Waals surface area contributed by atoms with E-state index in [-0.39, 0.29) is 6.42 Å². The quantitative estimate of drug-likeness (QED) is 0.743. The Labute approximate surface area is 85.3 Å². The molecule has 0 amide bonds. The molecular formula is C9H8ClNO3. The van der Waals surface area contributed by atoms with Gasteiger partial charge in [0.1, 0.15) is 0 Å². The fourth-order valence-corrected chi connectivity index (χ4v) is 1.85. The zero-order chi connectivity index (χ0) is 10.3. The van der Waals surface area contributed by atoms with E-state index in [0.29, 0.717) is 16.3 Å². The molecule has 0 bridgehead atoms. The van der Waals surface area contributed by atoms with Gasteiger partial charge in [-0.05, 0) is 17.7 Å². The maximum absolute atomic E-state index is 10.7. The lowest BCUT2D eigenvalue weighted by Gasteiger charge is -2.15. The number of hydrogen-bond donors (Lipinski definition) is 2. The molecule has 0 saturated carbocycles. The van der Waals surface area contributed by atoms with Gasteiger partial charge in [-0.25, -0.2) is 9.86 Å². The number of nitrogens with zero attached hydrogens (tertiary/aromatic N) is 1. The highest BCUT2D eigenvalue weighted by molar-refractivity contribution is 6.31.